The average molecular weight is 258 g/mol. The maximum absolute atomic E-state index is 5.77. The van der Waals surface area contributed by atoms with E-state index < -0.39 is 0 Å². The molecular formula is C13H26N2OS. The van der Waals surface area contributed by atoms with Crippen LogP contribution in [0.25, 0.3) is 0 Å². The number of nitrogens with zero attached hydrogens (tertiary/aromatic N) is 1. The zero-order valence-electron chi connectivity index (χ0n) is 11.2. The van der Waals surface area contributed by atoms with Crippen molar-refractivity contribution in [2.24, 2.45) is 0 Å². The summed E-state index contributed by atoms with van der Waals surface area (Å²) in [5, 5.41) is 4.60. The van der Waals surface area contributed by atoms with E-state index >= 15 is 0 Å². The van der Waals surface area contributed by atoms with Crippen molar-refractivity contribution in [2.75, 3.05) is 39.5 Å². The lowest BCUT2D eigenvalue weighted by Gasteiger charge is -2.33. The van der Waals surface area contributed by atoms with Crippen molar-refractivity contribution in [3.63, 3.8) is 0 Å². The molecule has 0 aromatic heterocycles. The van der Waals surface area contributed by atoms with Crippen LogP contribution in [0.5, 0.6) is 0 Å². The molecule has 1 saturated carbocycles. The largest absolute Gasteiger partial charge is 0.374 e. The maximum Gasteiger partial charge on any atom is 0.0826 e. The first kappa shape index (κ1) is 13.7. The smallest absolute Gasteiger partial charge is 0.0826 e. The van der Waals surface area contributed by atoms with Gasteiger partial charge in [-0.3, -0.25) is 0 Å². The van der Waals surface area contributed by atoms with Gasteiger partial charge in [0, 0.05) is 30.9 Å². The zero-order valence-corrected chi connectivity index (χ0v) is 12.0. The summed E-state index contributed by atoms with van der Waals surface area (Å²) in [7, 11) is 2.18. The van der Waals surface area contributed by atoms with Crippen LogP contribution in [-0.4, -0.2) is 61.8 Å². The molecule has 1 aliphatic carbocycles. The molecule has 0 amide bonds. The molecule has 4 heteroatoms. The number of morpholine rings is 1. The van der Waals surface area contributed by atoms with Crippen molar-refractivity contribution < 1.29 is 4.74 Å². The molecule has 2 fully saturated rings. The second kappa shape index (κ2) is 6.98. The predicted octanol–water partition coefficient (Wildman–Crippen LogP) is 1.58. The normalized spacial score (nSPS) is 36.0. The molecule has 0 spiro atoms. The number of nitrogens with one attached hydrogen (secondary N) is 1. The molecule has 1 atom stereocenters. The van der Waals surface area contributed by atoms with Crippen LogP contribution in [0.4, 0.5) is 0 Å². The minimum atomic E-state index is 0.395. The van der Waals surface area contributed by atoms with Gasteiger partial charge >= 0.3 is 0 Å². The van der Waals surface area contributed by atoms with Gasteiger partial charge in [-0.05, 0) is 39.0 Å². The molecule has 0 bridgehead atoms. The van der Waals surface area contributed by atoms with Crippen LogP contribution in [0, 0.1) is 0 Å². The molecule has 0 aromatic rings. The number of hydrogen-bond acceptors (Lipinski definition) is 4. The van der Waals surface area contributed by atoms with Crippen molar-refractivity contribution >= 4 is 11.8 Å². The second-order valence-corrected chi connectivity index (χ2v) is 6.51. The number of hydrogen-bond donors (Lipinski definition) is 1. The van der Waals surface area contributed by atoms with Crippen molar-refractivity contribution in [1.29, 1.82) is 0 Å². The Morgan fingerprint density at radius 3 is 2.71 bits per heavy atom. The molecule has 3 nitrogen and oxygen atoms in total. The average Bonchev–Trinajstić information content (AvgIpc) is 2.37. The summed E-state index contributed by atoms with van der Waals surface area (Å²) >= 11 is 2.04. The molecule has 2 rings (SSSR count). The number of thioether (sulfide) groups is 1. The van der Waals surface area contributed by atoms with Crippen LogP contribution >= 0.6 is 11.8 Å². The van der Waals surface area contributed by atoms with Crippen molar-refractivity contribution in [3.8, 4) is 0 Å². The molecule has 1 aliphatic heterocycles. The third-order valence-corrected chi connectivity index (χ3v) is 5.12. The van der Waals surface area contributed by atoms with Crippen LogP contribution in [0.15, 0.2) is 0 Å². The van der Waals surface area contributed by atoms with Gasteiger partial charge in [0.2, 0.25) is 0 Å². The van der Waals surface area contributed by atoms with E-state index in [0.717, 1.165) is 37.5 Å². The molecular weight excluding hydrogens is 232 g/mol. The summed E-state index contributed by atoms with van der Waals surface area (Å²) in [5.74, 6) is 0. The van der Waals surface area contributed by atoms with Crippen LogP contribution < -0.4 is 5.32 Å². The van der Waals surface area contributed by atoms with E-state index in [1.807, 2.05) is 11.8 Å². The highest BCUT2D eigenvalue weighted by molar-refractivity contribution is 7.99. The quantitative estimate of drug-likeness (QED) is 0.827. The Labute approximate surface area is 110 Å². The first-order valence-electron chi connectivity index (χ1n) is 6.84. The number of ether oxygens (including phenoxy) is 1. The van der Waals surface area contributed by atoms with E-state index in [1.54, 1.807) is 0 Å². The van der Waals surface area contributed by atoms with Gasteiger partial charge in [-0.1, -0.05) is 0 Å². The Morgan fingerprint density at radius 2 is 2.06 bits per heavy atom. The van der Waals surface area contributed by atoms with Gasteiger partial charge in [-0.2, -0.15) is 11.8 Å². The molecule has 17 heavy (non-hydrogen) atoms. The first-order chi connectivity index (χ1) is 8.28. The summed E-state index contributed by atoms with van der Waals surface area (Å²) in [5.41, 5.74) is 0. The Morgan fingerprint density at radius 1 is 1.29 bits per heavy atom. The number of likely N-dealkylation sites (N-methyl/N-ethyl adjacent to an activating group) is 1. The van der Waals surface area contributed by atoms with Crippen molar-refractivity contribution in [1.82, 2.24) is 10.2 Å². The Kier molecular flexibility index (Phi) is 5.60. The minimum Gasteiger partial charge on any atom is -0.374 e. The SMILES string of the molecule is CSC1CCC(NCC2CN(C)CCO2)CC1. The molecule has 1 unspecified atom stereocenters. The lowest BCUT2D eigenvalue weighted by molar-refractivity contribution is -0.0197. The van der Waals surface area contributed by atoms with Gasteiger partial charge in [0.1, 0.15) is 0 Å². The Hall–Kier alpha value is 0.230. The fourth-order valence-corrected chi connectivity index (χ4v) is 3.53. The molecule has 2 aliphatic rings. The van der Waals surface area contributed by atoms with E-state index in [1.165, 1.54) is 25.7 Å². The summed E-state index contributed by atoms with van der Waals surface area (Å²) in [6.45, 7) is 4.07. The van der Waals surface area contributed by atoms with E-state index in [-0.39, 0.29) is 0 Å². The lowest BCUT2D eigenvalue weighted by atomic mass is 9.95. The van der Waals surface area contributed by atoms with Gasteiger partial charge in [0.15, 0.2) is 0 Å². The molecule has 1 N–H and O–H groups in total. The third-order valence-electron chi connectivity index (χ3n) is 3.98. The van der Waals surface area contributed by atoms with E-state index in [4.69, 9.17) is 4.74 Å². The van der Waals surface area contributed by atoms with Crippen LogP contribution in [-0.2, 0) is 4.74 Å². The number of rotatable bonds is 4. The van der Waals surface area contributed by atoms with Crippen molar-refractivity contribution in [3.05, 3.63) is 0 Å². The molecule has 100 valence electrons. The minimum absolute atomic E-state index is 0.395. The van der Waals surface area contributed by atoms with E-state index in [2.05, 4.69) is 23.5 Å². The third kappa shape index (κ3) is 4.43. The second-order valence-electron chi connectivity index (χ2n) is 5.37. The molecule has 1 saturated heterocycles. The van der Waals surface area contributed by atoms with Crippen LogP contribution in [0.2, 0.25) is 0 Å². The highest BCUT2D eigenvalue weighted by atomic mass is 32.2. The van der Waals surface area contributed by atoms with E-state index in [0.29, 0.717) is 6.10 Å². The van der Waals surface area contributed by atoms with Crippen molar-refractivity contribution in [2.45, 2.75) is 43.1 Å². The zero-order chi connectivity index (χ0) is 12.1. The van der Waals surface area contributed by atoms with Crippen LogP contribution in [0.1, 0.15) is 25.7 Å². The highest BCUT2D eigenvalue weighted by Crippen LogP contribution is 2.26. The standard InChI is InChI=1S/C13H26N2OS/c1-15-7-8-16-12(10-15)9-14-11-3-5-13(17-2)6-4-11/h11-14H,3-10H2,1-2H3. The fraction of sp³-hybridized carbons (Fsp3) is 1.00. The summed E-state index contributed by atoms with van der Waals surface area (Å²) in [6, 6.07) is 0.731. The monoisotopic (exact) mass is 258 g/mol. The van der Waals surface area contributed by atoms with Gasteiger partial charge < -0.3 is 15.0 Å². The topological polar surface area (TPSA) is 24.5 Å². The predicted molar refractivity (Wildman–Crippen MR) is 74.8 cm³/mol. The summed E-state index contributed by atoms with van der Waals surface area (Å²) < 4.78 is 5.77. The molecule has 0 radical (unpaired) electrons. The maximum atomic E-state index is 5.77. The first-order valence-corrected chi connectivity index (χ1v) is 8.13. The Bertz CT molecular complexity index is 219. The van der Waals surface area contributed by atoms with E-state index in [9.17, 15) is 0 Å². The fourth-order valence-electron chi connectivity index (χ4n) is 2.79. The van der Waals surface area contributed by atoms with Gasteiger partial charge in [0.25, 0.3) is 0 Å². The lowest BCUT2D eigenvalue weighted by Crippen LogP contribution is -2.47. The van der Waals surface area contributed by atoms with Gasteiger partial charge in [0.05, 0.1) is 12.7 Å². The highest BCUT2D eigenvalue weighted by Gasteiger charge is 2.22. The van der Waals surface area contributed by atoms with Crippen LogP contribution in [0.3, 0.4) is 0 Å². The molecule has 0 aromatic carbocycles. The molecule has 1 heterocycles. The summed E-state index contributed by atoms with van der Waals surface area (Å²) in [4.78, 5) is 2.36. The Balaban J connectivity index is 1.62. The van der Waals surface area contributed by atoms with Gasteiger partial charge in [-0.25, -0.2) is 0 Å². The van der Waals surface area contributed by atoms with Gasteiger partial charge in [-0.15, -0.1) is 0 Å². The summed E-state index contributed by atoms with van der Waals surface area (Å²) in [6.07, 6.45) is 8.08.